The Balaban J connectivity index is 2.20. The summed E-state index contributed by atoms with van der Waals surface area (Å²) in [5.74, 6) is 0.832. The Morgan fingerprint density at radius 2 is 1.94 bits per heavy atom. The fourth-order valence-corrected chi connectivity index (χ4v) is 1.86. The van der Waals surface area contributed by atoms with Crippen molar-refractivity contribution in [2.75, 3.05) is 7.11 Å². The molecule has 4 nitrogen and oxygen atoms in total. The highest BCUT2D eigenvalue weighted by molar-refractivity contribution is 5.81. The van der Waals surface area contributed by atoms with Crippen LogP contribution in [0.25, 0.3) is 22.4 Å². The van der Waals surface area contributed by atoms with Crippen molar-refractivity contribution in [3.8, 4) is 17.0 Å². The summed E-state index contributed by atoms with van der Waals surface area (Å²) in [5.41, 5.74) is 3.61. The first-order valence-electron chi connectivity index (χ1n) is 5.31. The number of methoxy groups -OCH3 is 1. The van der Waals surface area contributed by atoms with Crippen LogP contribution in [-0.2, 0) is 0 Å². The van der Waals surface area contributed by atoms with E-state index in [2.05, 4.69) is 15.0 Å². The van der Waals surface area contributed by atoms with Crippen LogP contribution in [0.4, 0.5) is 0 Å². The molecule has 17 heavy (non-hydrogen) atoms. The van der Waals surface area contributed by atoms with Gasteiger partial charge in [-0.25, -0.2) is 4.98 Å². The minimum Gasteiger partial charge on any atom is -0.496 e. The van der Waals surface area contributed by atoms with Crippen molar-refractivity contribution in [3.63, 3.8) is 0 Å². The molecule has 0 aliphatic rings. The zero-order chi connectivity index (χ0) is 11.7. The van der Waals surface area contributed by atoms with Crippen molar-refractivity contribution in [2.24, 2.45) is 0 Å². The van der Waals surface area contributed by atoms with E-state index in [1.807, 2.05) is 30.3 Å². The van der Waals surface area contributed by atoms with Crippen LogP contribution in [0.15, 0.2) is 42.7 Å². The van der Waals surface area contributed by atoms with Crippen LogP contribution >= 0.6 is 0 Å². The average molecular weight is 225 g/mol. The molecule has 0 aliphatic carbocycles. The predicted octanol–water partition coefficient (Wildman–Crippen LogP) is 2.63. The van der Waals surface area contributed by atoms with Gasteiger partial charge in [0.25, 0.3) is 0 Å². The van der Waals surface area contributed by atoms with Gasteiger partial charge < -0.3 is 9.72 Å². The van der Waals surface area contributed by atoms with E-state index in [9.17, 15) is 0 Å². The van der Waals surface area contributed by atoms with Crippen LogP contribution in [0, 0.1) is 0 Å². The smallest absolute Gasteiger partial charge is 0.156 e. The summed E-state index contributed by atoms with van der Waals surface area (Å²) in [6, 6.07) is 9.83. The highest BCUT2D eigenvalue weighted by Gasteiger charge is 2.08. The number of aromatic nitrogens is 3. The van der Waals surface area contributed by atoms with Crippen LogP contribution in [0.1, 0.15) is 0 Å². The molecule has 0 atom stereocenters. The Morgan fingerprint density at radius 3 is 2.76 bits per heavy atom. The molecule has 0 spiro atoms. The Labute approximate surface area is 98.3 Å². The van der Waals surface area contributed by atoms with Gasteiger partial charge in [0.15, 0.2) is 5.65 Å². The number of fused-ring (bicyclic) bond motifs is 1. The van der Waals surface area contributed by atoms with Crippen molar-refractivity contribution in [2.45, 2.75) is 0 Å². The zero-order valence-electron chi connectivity index (χ0n) is 9.34. The second kappa shape index (κ2) is 3.90. The largest absolute Gasteiger partial charge is 0.496 e. The van der Waals surface area contributed by atoms with Crippen LogP contribution in [0.5, 0.6) is 5.75 Å². The molecule has 0 fully saturated rings. The summed E-state index contributed by atoms with van der Waals surface area (Å²) in [4.78, 5) is 11.7. The predicted molar refractivity (Wildman–Crippen MR) is 65.9 cm³/mol. The quantitative estimate of drug-likeness (QED) is 0.729. The van der Waals surface area contributed by atoms with Gasteiger partial charge in [-0.15, -0.1) is 0 Å². The number of hydrogen-bond donors (Lipinski definition) is 1. The second-order valence-corrected chi connectivity index (χ2v) is 3.67. The minimum absolute atomic E-state index is 0.786. The van der Waals surface area contributed by atoms with E-state index in [0.29, 0.717) is 0 Å². The standard InChI is InChI=1S/C13H11N3O/c1-17-12-5-3-2-4-9(12)10-8-11-13(16-10)15-7-6-14-11/h2-8H,1H3,(H,15,16). The average Bonchev–Trinajstić information content (AvgIpc) is 2.82. The van der Waals surface area contributed by atoms with Crippen molar-refractivity contribution in [1.82, 2.24) is 15.0 Å². The summed E-state index contributed by atoms with van der Waals surface area (Å²) < 4.78 is 5.33. The maximum absolute atomic E-state index is 5.33. The lowest BCUT2D eigenvalue weighted by Crippen LogP contribution is -1.87. The normalized spacial score (nSPS) is 10.6. The maximum Gasteiger partial charge on any atom is 0.156 e. The molecule has 2 heterocycles. The molecule has 0 saturated carbocycles. The number of H-pyrrole nitrogens is 1. The van der Waals surface area contributed by atoms with Gasteiger partial charge in [0.1, 0.15) is 11.3 Å². The summed E-state index contributed by atoms with van der Waals surface area (Å²) in [7, 11) is 1.66. The number of ether oxygens (including phenoxy) is 1. The van der Waals surface area contributed by atoms with Crippen LogP contribution in [0.3, 0.4) is 0 Å². The third-order valence-corrected chi connectivity index (χ3v) is 2.66. The van der Waals surface area contributed by atoms with Gasteiger partial charge in [0.05, 0.1) is 12.8 Å². The zero-order valence-corrected chi connectivity index (χ0v) is 9.34. The number of aromatic amines is 1. The van der Waals surface area contributed by atoms with Crippen LogP contribution in [-0.4, -0.2) is 22.1 Å². The van der Waals surface area contributed by atoms with E-state index in [0.717, 1.165) is 28.2 Å². The van der Waals surface area contributed by atoms with Crippen molar-refractivity contribution in [3.05, 3.63) is 42.7 Å². The van der Waals surface area contributed by atoms with Gasteiger partial charge in [0, 0.05) is 18.0 Å². The molecule has 1 N–H and O–H groups in total. The molecule has 0 unspecified atom stereocenters. The van der Waals surface area contributed by atoms with Crippen molar-refractivity contribution >= 4 is 11.2 Å². The molecule has 2 aromatic heterocycles. The molecule has 84 valence electrons. The molecule has 0 aliphatic heterocycles. The first kappa shape index (κ1) is 9.84. The van der Waals surface area contributed by atoms with Gasteiger partial charge in [-0.3, -0.25) is 4.98 Å². The number of rotatable bonds is 2. The molecule has 1 aromatic carbocycles. The molecular formula is C13H11N3O. The summed E-state index contributed by atoms with van der Waals surface area (Å²) in [6.07, 6.45) is 3.35. The third-order valence-electron chi connectivity index (χ3n) is 2.66. The van der Waals surface area contributed by atoms with Gasteiger partial charge in [-0.05, 0) is 18.2 Å². The highest BCUT2D eigenvalue weighted by atomic mass is 16.5. The van der Waals surface area contributed by atoms with E-state index in [1.54, 1.807) is 19.5 Å². The van der Waals surface area contributed by atoms with Gasteiger partial charge in [0.2, 0.25) is 0 Å². The molecule has 3 aromatic rings. The fraction of sp³-hybridized carbons (Fsp3) is 0.0769. The lowest BCUT2D eigenvalue weighted by atomic mass is 10.1. The monoisotopic (exact) mass is 225 g/mol. The van der Waals surface area contributed by atoms with E-state index < -0.39 is 0 Å². The molecular weight excluding hydrogens is 214 g/mol. The lowest BCUT2D eigenvalue weighted by Gasteiger charge is -2.05. The van der Waals surface area contributed by atoms with Crippen LogP contribution < -0.4 is 4.74 Å². The van der Waals surface area contributed by atoms with Crippen molar-refractivity contribution < 1.29 is 4.74 Å². The van der Waals surface area contributed by atoms with Gasteiger partial charge in [-0.1, -0.05) is 12.1 Å². The minimum atomic E-state index is 0.786. The number of nitrogens with one attached hydrogen (secondary N) is 1. The van der Waals surface area contributed by atoms with E-state index >= 15 is 0 Å². The van der Waals surface area contributed by atoms with E-state index in [-0.39, 0.29) is 0 Å². The van der Waals surface area contributed by atoms with Crippen molar-refractivity contribution in [1.29, 1.82) is 0 Å². The number of para-hydroxylation sites is 1. The SMILES string of the molecule is COc1ccccc1-c1cc2nccnc2[nH]1. The van der Waals surface area contributed by atoms with Gasteiger partial charge in [-0.2, -0.15) is 0 Å². The fourth-order valence-electron chi connectivity index (χ4n) is 1.86. The molecule has 0 bridgehead atoms. The molecule has 3 rings (SSSR count). The second-order valence-electron chi connectivity index (χ2n) is 3.67. The first-order valence-corrected chi connectivity index (χ1v) is 5.31. The summed E-state index contributed by atoms with van der Waals surface area (Å²) in [5, 5.41) is 0. The van der Waals surface area contributed by atoms with Crippen LogP contribution in [0.2, 0.25) is 0 Å². The Kier molecular flexibility index (Phi) is 2.26. The Morgan fingerprint density at radius 1 is 1.12 bits per heavy atom. The topological polar surface area (TPSA) is 50.8 Å². The molecule has 4 heteroatoms. The molecule has 0 radical (unpaired) electrons. The number of nitrogens with zero attached hydrogens (tertiary/aromatic N) is 2. The summed E-state index contributed by atoms with van der Waals surface area (Å²) in [6.45, 7) is 0. The molecule has 0 amide bonds. The van der Waals surface area contributed by atoms with E-state index in [1.165, 1.54) is 0 Å². The Bertz CT molecular complexity index is 627. The first-order chi connectivity index (χ1) is 8.38. The Hall–Kier alpha value is -2.36. The number of benzene rings is 1. The maximum atomic E-state index is 5.33. The van der Waals surface area contributed by atoms with Gasteiger partial charge >= 0.3 is 0 Å². The number of hydrogen-bond acceptors (Lipinski definition) is 3. The molecule has 0 saturated heterocycles. The lowest BCUT2D eigenvalue weighted by molar-refractivity contribution is 0.416. The summed E-state index contributed by atoms with van der Waals surface area (Å²) >= 11 is 0. The third kappa shape index (κ3) is 1.63. The highest BCUT2D eigenvalue weighted by Crippen LogP contribution is 2.30. The van der Waals surface area contributed by atoms with E-state index in [4.69, 9.17) is 4.74 Å².